The highest BCUT2D eigenvalue weighted by Gasteiger charge is 2.22. The van der Waals surface area contributed by atoms with Gasteiger partial charge in [-0.1, -0.05) is 19.1 Å². The zero-order valence-corrected chi connectivity index (χ0v) is 21.4. The van der Waals surface area contributed by atoms with E-state index in [4.69, 9.17) is 0 Å². The van der Waals surface area contributed by atoms with E-state index in [-0.39, 0.29) is 24.0 Å². The number of imidazole rings is 1. The molecule has 0 radical (unpaired) electrons. The van der Waals surface area contributed by atoms with Crippen LogP contribution in [0.1, 0.15) is 40.8 Å². The highest BCUT2D eigenvalue weighted by atomic mass is 19.1. The predicted octanol–water partition coefficient (Wildman–Crippen LogP) is 3.49. The van der Waals surface area contributed by atoms with Crippen LogP contribution < -0.4 is 10.2 Å². The lowest BCUT2D eigenvalue weighted by molar-refractivity contribution is 0.0848. The fourth-order valence-corrected chi connectivity index (χ4v) is 4.67. The van der Waals surface area contributed by atoms with Crippen molar-refractivity contribution in [3.05, 3.63) is 77.1 Å². The van der Waals surface area contributed by atoms with Crippen LogP contribution in [-0.4, -0.2) is 70.8 Å². The Kier molecular flexibility index (Phi) is 8.38. The molecule has 0 bridgehead atoms. The average molecular weight is 494 g/mol. The number of aliphatic hydroxyl groups is 1. The van der Waals surface area contributed by atoms with E-state index in [1.54, 1.807) is 18.3 Å². The number of aromatic nitrogens is 2. The third-order valence-electron chi connectivity index (χ3n) is 6.85. The standard InChI is InChI=1S/C28H36FN5O2/c1-4-6-27-31-25(19-34(27)23-11-9-22(29)10-12-23)28(36)30-17-24(35)18-32-13-15-33(16-14-32)26-8-5-7-20(2)21(26)3/h5,7-12,19,24,35H,4,6,13-18H2,1-3H3,(H,30,36). The molecular weight excluding hydrogens is 457 g/mol. The van der Waals surface area contributed by atoms with Crippen molar-refractivity contribution in [1.82, 2.24) is 19.8 Å². The molecule has 2 aromatic carbocycles. The summed E-state index contributed by atoms with van der Waals surface area (Å²) in [5.41, 5.74) is 4.94. The van der Waals surface area contributed by atoms with E-state index < -0.39 is 6.10 Å². The fraction of sp³-hybridized carbons (Fsp3) is 0.429. The molecule has 1 aliphatic rings. The molecule has 0 spiro atoms. The summed E-state index contributed by atoms with van der Waals surface area (Å²) in [7, 11) is 0. The zero-order valence-electron chi connectivity index (χ0n) is 21.4. The predicted molar refractivity (Wildman–Crippen MR) is 140 cm³/mol. The van der Waals surface area contributed by atoms with Crippen LogP contribution in [0.15, 0.2) is 48.7 Å². The number of hydrogen-bond acceptors (Lipinski definition) is 5. The van der Waals surface area contributed by atoms with Gasteiger partial charge in [-0.05, 0) is 61.7 Å². The van der Waals surface area contributed by atoms with E-state index in [2.05, 4.69) is 52.1 Å². The molecule has 0 aliphatic carbocycles. The van der Waals surface area contributed by atoms with Crippen LogP contribution in [0, 0.1) is 19.7 Å². The highest BCUT2D eigenvalue weighted by Crippen LogP contribution is 2.24. The number of hydrogen-bond donors (Lipinski definition) is 2. The second-order valence-corrected chi connectivity index (χ2v) is 9.51. The summed E-state index contributed by atoms with van der Waals surface area (Å²) in [6.07, 6.45) is 2.57. The number of aliphatic hydroxyl groups excluding tert-OH is 1. The van der Waals surface area contributed by atoms with Gasteiger partial charge in [0.15, 0.2) is 0 Å². The van der Waals surface area contributed by atoms with Crippen LogP contribution in [0.4, 0.5) is 10.1 Å². The molecule has 2 N–H and O–H groups in total. The number of halogens is 1. The lowest BCUT2D eigenvalue weighted by atomic mass is 10.1. The topological polar surface area (TPSA) is 73.6 Å². The quantitative estimate of drug-likeness (QED) is 0.477. The number of rotatable bonds is 9. The van der Waals surface area contributed by atoms with E-state index in [0.29, 0.717) is 13.0 Å². The van der Waals surface area contributed by atoms with E-state index >= 15 is 0 Å². The number of carbonyl (C=O) groups excluding carboxylic acids is 1. The summed E-state index contributed by atoms with van der Waals surface area (Å²) in [6.45, 7) is 10.5. The van der Waals surface area contributed by atoms with Gasteiger partial charge in [0, 0.05) is 63.3 Å². The van der Waals surface area contributed by atoms with Gasteiger partial charge in [0.05, 0.1) is 6.10 Å². The number of carbonyl (C=O) groups is 1. The summed E-state index contributed by atoms with van der Waals surface area (Å²) >= 11 is 0. The van der Waals surface area contributed by atoms with Gasteiger partial charge in [0.1, 0.15) is 17.3 Å². The molecule has 192 valence electrons. The van der Waals surface area contributed by atoms with Gasteiger partial charge in [-0.15, -0.1) is 0 Å². The minimum absolute atomic E-state index is 0.155. The number of piperazine rings is 1. The zero-order chi connectivity index (χ0) is 25.7. The maximum absolute atomic E-state index is 13.3. The van der Waals surface area contributed by atoms with Crippen molar-refractivity contribution in [3.63, 3.8) is 0 Å². The van der Waals surface area contributed by atoms with E-state index in [1.807, 2.05) is 11.5 Å². The first-order chi connectivity index (χ1) is 17.4. The van der Waals surface area contributed by atoms with Crippen molar-refractivity contribution in [2.45, 2.75) is 39.7 Å². The summed E-state index contributed by atoms with van der Waals surface area (Å²) in [4.78, 5) is 21.9. The van der Waals surface area contributed by atoms with Crippen LogP contribution >= 0.6 is 0 Å². The lowest BCUT2D eigenvalue weighted by Gasteiger charge is -2.37. The monoisotopic (exact) mass is 493 g/mol. The number of anilines is 1. The number of amides is 1. The van der Waals surface area contributed by atoms with E-state index in [9.17, 15) is 14.3 Å². The molecule has 0 saturated carbocycles. The molecule has 1 saturated heterocycles. The molecule has 1 atom stereocenters. The number of aryl methyl sites for hydroxylation is 2. The Hall–Kier alpha value is -3.23. The van der Waals surface area contributed by atoms with Crippen LogP contribution in [-0.2, 0) is 6.42 Å². The third kappa shape index (κ3) is 6.12. The van der Waals surface area contributed by atoms with Gasteiger partial charge in [0.2, 0.25) is 0 Å². The summed E-state index contributed by atoms with van der Waals surface area (Å²) in [5, 5.41) is 13.4. The van der Waals surface area contributed by atoms with E-state index in [0.717, 1.165) is 44.1 Å². The molecule has 1 aliphatic heterocycles. The fourth-order valence-electron chi connectivity index (χ4n) is 4.67. The van der Waals surface area contributed by atoms with Crippen molar-refractivity contribution in [2.75, 3.05) is 44.2 Å². The maximum atomic E-state index is 13.3. The lowest BCUT2D eigenvalue weighted by Crippen LogP contribution is -2.50. The smallest absolute Gasteiger partial charge is 0.271 e. The van der Waals surface area contributed by atoms with Gasteiger partial charge in [-0.2, -0.15) is 0 Å². The van der Waals surface area contributed by atoms with Crippen LogP contribution in [0.2, 0.25) is 0 Å². The first-order valence-corrected chi connectivity index (χ1v) is 12.7. The SMILES string of the molecule is CCCc1nc(C(=O)NCC(O)CN2CCN(c3cccc(C)c3C)CC2)cn1-c1ccc(F)cc1. The molecule has 4 rings (SSSR count). The summed E-state index contributed by atoms with van der Waals surface area (Å²) in [5.74, 6) is 0.109. The Morgan fingerprint density at radius 3 is 2.53 bits per heavy atom. The first kappa shape index (κ1) is 25.9. The molecular formula is C28H36FN5O2. The number of β-amino-alcohol motifs (C(OH)–C–C–N with tert-alkyl or cyclic N) is 1. The minimum atomic E-state index is -0.671. The Balaban J connectivity index is 1.29. The van der Waals surface area contributed by atoms with Crippen LogP contribution in [0.25, 0.3) is 5.69 Å². The van der Waals surface area contributed by atoms with Crippen molar-refractivity contribution < 1.29 is 14.3 Å². The maximum Gasteiger partial charge on any atom is 0.271 e. The van der Waals surface area contributed by atoms with Gasteiger partial charge < -0.3 is 19.9 Å². The molecule has 2 heterocycles. The molecule has 36 heavy (non-hydrogen) atoms. The largest absolute Gasteiger partial charge is 0.390 e. The number of nitrogens with one attached hydrogen (secondary N) is 1. The van der Waals surface area contributed by atoms with Crippen molar-refractivity contribution >= 4 is 11.6 Å². The minimum Gasteiger partial charge on any atom is -0.390 e. The van der Waals surface area contributed by atoms with Gasteiger partial charge in [0.25, 0.3) is 5.91 Å². The number of benzene rings is 2. The van der Waals surface area contributed by atoms with Crippen molar-refractivity contribution in [3.8, 4) is 5.69 Å². The number of nitrogens with zero attached hydrogens (tertiary/aromatic N) is 4. The Morgan fingerprint density at radius 2 is 1.83 bits per heavy atom. The summed E-state index contributed by atoms with van der Waals surface area (Å²) < 4.78 is 15.2. The molecule has 1 unspecified atom stereocenters. The first-order valence-electron chi connectivity index (χ1n) is 12.7. The third-order valence-corrected chi connectivity index (χ3v) is 6.85. The molecule has 1 aromatic heterocycles. The second kappa shape index (κ2) is 11.7. The molecule has 8 heteroatoms. The van der Waals surface area contributed by atoms with Crippen LogP contribution in [0.5, 0.6) is 0 Å². The highest BCUT2D eigenvalue weighted by molar-refractivity contribution is 5.92. The molecule has 1 fully saturated rings. The Bertz CT molecular complexity index is 1170. The van der Waals surface area contributed by atoms with Gasteiger partial charge in [-0.25, -0.2) is 9.37 Å². The molecule has 7 nitrogen and oxygen atoms in total. The Labute approximate surface area is 212 Å². The molecule has 3 aromatic rings. The second-order valence-electron chi connectivity index (χ2n) is 9.51. The van der Waals surface area contributed by atoms with Crippen LogP contribution in [0.3, 0.4) is 0 Å². The summed E-state index contributed by atoms with van der Waals surface area (Å²) in [6, 6.07) is 12.5. The van der Waals surface area contributed by atoms with Crippen molar-refractivity contribution in [1.29, 1.82) is 0 Å². The Morgan fingerprint density at radius 1 is 1.11 bits per heavy atom. The van der Waals surface area contributed by atoms with Crippen molar-refractivity contribution in [2.24, 2.45) is 0 Å². The normalized spacial score (nSPS) is 15.2. The van der Waals surface area contributed by atoms with E-state index in [1.165, 1.54) is 28.9 Å². The molecule has 1 amide bonds. The average Bonchev–Trinajstić information content (AvgIpc) is 3.29. The van der Waals surface area contributed by atoms with Gasteiger partial charge >= 0.3 is 0 Å². The van der Waals surface area contributed by atoms with Gasteiger partial charge in [-0.3, -0.25) is 9.69 Å².